The number of aromatic nitrogens is 7. The second-order valence-corrected chi connectivity index (χ2v) is 21.5. The number of fused-ring (bicyclic) bond motifs is 6. The van der Waals surface area contributed by atoms with Gasteiger partial charge in [0.05, 0.1) is 45.2 Å². The Bertz CT molecular complexity index is 4050. The fourth-order valence-corrected chi connectivity index (χ4v) is 11.0. The average Bonchev–Trinajstić information content (AvgIpc) is 3.22. The number of nitrogens with two attached hydrogens (primary N) is 2. The second-order valence-electron chi connectivity index (χ2n) is 20.6. The molecule has 0 unspecified atom stereocenters. The van der Waals surface area contributed by atoms with Gasteiger partial charge in [-0.1, -0.05) is 218 Å². The molecule has 2 atom stereocenters. The first-order valence-corrected chi connectivity index (χ1v) is 28.9. The Balaban J connectivity index is 0.000000134. The quantitative estimate of drug-likeness (QED) is 0.161. The molecule has 15 rings (SSSR count). The van der Waals surface area contributed by atoms with Crippen molar-refractivity contribution in [2.75, 3.05) is 0 Å². The maximum Gasteiger partial charge on any atom is 0.160 e. The highest BCUT2D eigenvalue weighted by Gasteiger charge is 2.19. The number of pyridine rings is 2. The fraction of sp³-hybridized carbons (Fsp3) is 0.108. The Morgan fingerprint density at radius 2 is 0.762 bits per heavy atom. The highest BCUT2D eigenvalue weighted by molar-refractivity contribution is 9.10. The number of para-hydroxylation sites is 2. The minimum Gasteiger partial charge on any atom is -0.326 e. The van der Waals surface area contributed by atoms with Crippen LogP contribution in [0.5, 0.6) is 0 Å². The van der Waals surface area contributed by atoms with Crippen molar-refractivity contribution in [3.8, 4) is 84.9 Å². The molecule has 4 N–H and O–H groups in total. The van der Waals surface area contributed by atoms with Gasteiger partial charge in [0.2, 0.25) is 0 Å². The molecule has 0 bridgehead atoms. The molecule has 412 valence electrons. The van der Waals surface area contributed by atoms with Gasteiger partial charge in [0.15, 0.2) is 11.6 Å². The van der Waals surface area contributed by atoms with Gasteiger partial charge in [0, 0.05) is 67.7 Å². The lowest BCUT2D eigenvalue weighted by atomic mass is 9.92. The number of hydrogen-bond acceptors (Lipinski definition) is 8. The van der Waals surface area contributed by atoms with Gasteiger partial charge in [-0.2, -0.15) is 0 Å². The molecule has 0 radical (unpaired) electrons. The number of hydrogen-bond donors (Lipinski definition) is 2. The minimum absolute atomic E-state index is 0. The maximum absolute atomic E-state index is 5.65. The molecule has 2 aliphatic carbocycles. The van der Waals surface area contributed by atoms with E-state index < -0.39 is 0 Å². The van der Waals surface area contributed by atoms with Gasteiger partial charge in [-0.15, -0.1) is 0 Å². The zero-order chi connectivity index (χ0) is 56.3. The smallest absolute Gasteiger partial charge is 0.160 e. The van der Waals surface area contributed by atoms with Gasteiger partial charge in [-0.25, -0.2) is 19.9 Å². The zero-order valence-corrected chi connectivity index (χ0v) is 47.3. The van der Waals surface area contributed by atoms with Crippen molar-refractivity contribution >= 4 is 37.7 Å². The van der Waals surface area contributed by atoms with Crippen molar-refractivity contribution in [1.82, 2.24) is 34.5 Å². The van der Waals surface area contributed by atoms with Gasteiger partial charge in [-0.05, 0) is 114 Å². The summed E-state index contributed by atoms with van der Waals surface area (Å²) in [5, 5.41) is 2.51. The third kappa shape index (κ3) is 12.9. The van der Waals surface area contributed by atoms with Gasteiger partial charge < -0.3 is 16.0 Å². The first-order valence-electron chi connectivity index (χ1n) is 28.1. The van der Waals surface area contributed by atoms with E-state index >= 15 is 0 Å². The van der Waals surface area contributed by atoms with E-state index in [4.69, 9.17) is 31.4 Å². The van der Waals surface area contributed by atoms with Crippen LogP contribution < -0.4 is 11.5 Å². The first-order chi connectivity index (χ1) is 40.9. The Morgan fingerprint density at radius 3 is 1.20 bits per heavy atom. The minimum atomic E-state index is 0. The predicted molar refractivity (Wildman–Crippen MR) is 350 cm³/mol. The van der Waals surface area contributed by atoms with Gasteiger partial charge in [-0.3, -0.25) is 9.97 Å². The van der Waals surface area contributed by atoms with E-state index in [1.54, 1.807) is 12.4 Å². The standard InChI is InChI=1S/C33H22N4.C21H14BrN3.C13H10.C6H14N2.CH4/c1-2-10-24(11-3-1)33-35-29(22-30(36-33)28-14-8-9-21-34-28)23-17-19-25(20-18-23)37-31-15-6-4-12-26(31)27-13-5-7-16-32(27)37;22-17-11-9-15(10-12-17)19-14-20(18-8-4-5-13-23-18)25-21(24-19)16-6-2-1-3-7-16;1-3-7-12-10(5-1)9-11-6-2-4-8-13(11)12;7-5-3-1-2-4-6(5)8;/h1-22H;1-14H;1-8H,9H2;5-6H,1-4,7-8H2;1H4/t;;;5-,6-;/m...1./s1. The van der Waals surface area contributed by atoms with E-state index in [0.29, 0.717) is 11.6 Å². The van der Waals surface area contributed by atoms with E-state index in [9.17, 15) is 0 Å². The Labute approximate surface area is 500 Å². The molecular formula is C74H64BrN9. The average molecular weight is 1160 g/mol. The maximum atomic E-state index is 5.65. The summed E-state index contributed by atoms with van der Waals surface area (Å²) in [7, 11) is 0. The molecule has 5 aromatic heterocycles. The molecule has 1 saturated carbocycles. The molecule has 1 fully saturated rings. The summed E-state index contributed by atoms with van der Waals surface area (Å²) in [6, 6.07) is 87.5. The van der Waals surface area contributed by atoms with Crippen LogP contribution in [-0.4, -0.2) is 46.6 Å². The molecule has 10 heteroatoms. The molecule has 84 heavy (non-hydrogen) atoms. The Hall–Kier alpha value is -9.58. The number of benzene rings is 8. The van der Waals surface area contributed by atoms with Crippen LogP contribution in [-0.2, 0) is 6.42 Å². The summed E-state index contributed by atoms with van der Waals surface area (Å²) >= 11 is 3.48. The first kappa shape index (κ1) is 56.3. The molecule has 2 aliphatic rings. The highest BCUT2D eigenvalue weighted by Crippen LogP contribution is 2.37. The van der Waals surface area contributed by atoms with Crippen LogP contribution in [0.1, 0.15) is 44.2 Å². The zero-order valence-electron chi connectivity index (χ0n) is 45.8. The lowest BCUT2D eigenvalue weighted by Crippen LogP contribution is -2.43. The summed E-state index contributed by atoms with van der Waals surface area (Å²) in [5.74, 6) is 1.38. The third-order valence-electron chi connectivity index (χ3n) is 15.1. The van der Waals surface area contributed by atoms with E-state index in [1.165, 1.54) is 56.9 Å². The SMILES string of the molecule is Brc1ccc(-c2cc(-c3ccccn3)nc(-c3ccccc3)n2)cc1.C.N[C@@H]1CCCC[C@H]1N.c1ccc(-c2nc(-c3ccc(-n4c5ccccc5c5ccccc54)cc3)cc(-c3ccccn3)n2)cc1.c1ccc2c(c1)Cc1ccccc1-2. The second kappa shape index (κ2) is 26.6. The molecule has 13 aromatic rings. The van der Waals surface area contributed by atoms with E-state index in [2.05, 4.69) is 152 Å². The molecular weight excluding hydrogens is 1090 g/mol. The van der Waals surface area contributed by atoms with Crippen molar-refractivity contribution in [3.05, 3.63) is 283 Å². The fourth-order valence-electron chi connectivity index (χ4n) is 10.8. The number of rotatable bonds is 7. The van der Waals surface area contributed by atoms with E-state index in [-0.39, 0.29) is 19.5 Å². The summed E-state index contributed by atoms with van der Waals surface area (Å²) in [4.78, 5) is 28.3. The van der Waals surface area contributed by atoms with Crippen molar-refractivity contribution in [3.63, 3.8) is 0 Å². The largest absolute Gasteiger partial charge is 0.326 e. The normalized spacial score (nSPS) is 13.8. The molecule has 5 heterocycles. The highest BCUT2D eigenvalue weighted by atomic mass is 79.9. The van der Waals surface area contributed by atoms with Crippen molar-refractivity contribution in [1.29, 1.82) is 0 Å². The monoisotopic (exact) mass is 1160 g/mol. The third-order valence-corrected chi connectivity index (χ3v) is 15.6. The summed E-state index contributed by atoms with van der Waals surface area (Å²) in [5.41, 5.74) is 29.6. The molecule has 0 saturated heterocycles. The van der Waals surface area contributed by atoms with Crippen molar-refractivity contribution < 1.29 is 0 Å². The van der Waals surface area contributed by atoms with Crippen LogP contribution in [0, 0.1) is 0 Å². The lowest BCUT2D eigenvalue weighted by Gasteiger charge is -2.24. The lowest BCUT2D eigenvalue weighted by molar-refractivity contribution is 0.385. The van der Waals surface area contributed by atoms with Crippen molar-refractivity contribution in [2.24, 2.45) is 11.5 Å². The van der Waals surface area contributed by atoms with Gasteiger partial charge >= 0.3 is 0 Å². The molecule has 0 spiro atoms. The van der Waals surface area contributed by atoms with Crippen LogP contribution in [0.15, 0.2) is 272 Å². The van der Waals surface area contributed by atoms with Gasteiger partial charge in [0.25, 0.3) is 0 Å². The Morgan fingerprint density at radius 1 is 0.369 bits per heavy atom. The van der Waals surface area contributed by atoms with Crippen LogP contribution in [0.4, 0.5) is 0 Å². The summed E-state index contributed by atoms with van der Waals surface area (Å²) in [6.45, 7) is 0. The molecule has 9 nitrogen and oxygen atoms in total. The molecule has 0 amide bonds. The predicted octanol–water partition coefficient (Wildman–Crippen LogP) is 17.7. The van der Waals surface area contributed by atoms with E-state index in [0.717, 1.165) is 85.8 Å². The number of nitrogens with zero attached hydrogens (tertiary/aromatic N) is 7. The van der Waals surface area contributed by atoms with Crippen LogP contribution in [0.25, 0.3) is 107 Å². The summed E-state index contributed by atoms with van der Waals surface area (Å²) < 4.78 is 3.36. The summed E-state index contributed by atoms with van der Waals surface area (Å²) in [6.07, 6.45) is 9.47. The van der Waals surface area contributed by atoms with Crippen LogP contribution in [0.2, 0.25) is 0 Å². The molecule has 8 aromatic carbocycles. The van der Waals surface area contributed by atoms with Crippen LogP contribution in [0.3, 0.4) is 0 Å². The number of halogens is 1. The van der Waals surface area contributed by atoms with Crippen LogP contribution >= 0.6 is 15.9 Å². The van der Waals surface area contributed by atoms with Gasteiger partial charge in [0.1, 0.15) is 0 Å². The molecule has 0 aliphatic heterocycles. The van der Waals surface area contributed by atoms with Crippen molar-refractivity contribution in [2.45, 2.75) is 51.6 Å². The topological polar surface area (TPSA) is 134 Å². The van der Waals surface area contributed by atoms with E-state index in [1.807, 2.05) is 133 Å². The Kier molecular flexibility index (Phi) is 17.8.